The van der Waals surface area contributed by atoms with Crippen molar-refractivity contribution in [2.45, 2.75) is 26.7 Å². The molecule has 0 saturated heterocycles. The van der Waals surface area contributed by atoms with Gasteiger partial charge in [0.05, 0.1) is 0 Å². The van der Waals surface area contributed by atoms with E-state index in [9.17, 15) is 4.79 Å². The zero-order valence-corrected chi connectivity index (χ0v) is 8.84. The highest BCUT2D eigenvalue weighted by molar-refractivity contribution is 5.95. The van der Waals surface area contributed by atoms with Gasteiger partial charge in [-0.05, 0) is 44.4 Å². The van der Waals surface area contributed by atoms with E-state index in [2.05, 4.69) is 6.07 Å². The van der Waals surface area contributed by atoms with Crippen LogP contribution in [0.15, 0.2) is 18.2 Å². The zero-order chi connectivity index (χ0) is 10.6. The fourth-order valence-corrected chi connectivity index (χ4v) is 1.58. The summed E-state index contributed by atoms with van der Waals surface area (Å²) in [7, 11) is 0. The molecule has 1 aromatic carbocycles. The first-order valence-electron chi connectivity index (χ1n) is 4.95. The van der Waals surface area contributed by atoms with Crippen LogP contribution in [0.4, 0.5) is 0 Å². The third-order valence-corrected chi connectivity index (χ3v) is 2.34. The normalized spacial score (nSPS) is 10.2. The van der Waals surface area contributed by atoms with Gasteiger partial charge in [-0.1, -0.05) is 18.2 Å². The van der Waals surface area contributed by atoms with Crippen LogP contribution in [0, 0.1) is 6.92 Å². The molecule has 1 aromatic rings. The summed E-state index contributed by atoms with van der Waals surface area (Å²) in [6, 6.07) is 6.00. The van der Waals surface area contributed by atoms with E-state index in [1.807, 2.05) is 19.1 Å². The van der Waals surface area contributed by atoms with Crippen molar-refractivity contribution in [3.8, 4) is 0 Å². The largest absolute Gasteiger partial charge is 0.330 e. The highest BCUT2D eigenvalue weighted by atomic mass is 16.1. The molecular formula is C12H17NO. The second-order valence-corrected chi connectivity index (χ2v) is 3.60. The topological polar surface area (TPSA) is 43.1 Å². The number of Topliss-reactive ketones (excluding diaryl/α,β-unsaturated/α-hetero) is 1. The van der Waals surface area contributed by atoms with E-state index in [0.29, 0.717) is 6.54 Å². The lowest BCUT2D eigenvalue weighted by atomic mass is 10.0. The molecule has 2 heteroatoms. The van der Waals surface area contributed by atoms with Crippen LogP contribution in [-0.2, 0) is 6.42 Å². The third-order valence-electron chi connectivity index (χ3n) is 2.34. The van der Waals surface area contributed by atoms with E-state index in [4.69, 9.17) is 5.73 Å². The first kappa shape index (κ1) is 10.9. The molecule has 0 unspecified atom stereocenters. The van der Waals surface area contributed by atoms with Gasteiger partial charge in [-0.15, -0.1) is 0 Å². The van der Waals surface area contributed by atoms with Gasteiger partial charge in [0.15, 0.2) is 5.78 Å². The summed E-state index contributed by atoms with van der Waals surface area (Å²) in [5.41, 5.74) is 8.58. The zero-order valence-electron chi connectivity index (χ0n) is 8.84. The van der Waals surface area contributed by atoms with Crippen LogP contribution in [0.1, 0.15) is 34.8 Å². The minimum atomic E-state index is 0.132. The van der Waals surface area contributed by atoms with Crippen LogP contribution in [0.3, 0.4) is 0 Å². The Balaban J connectivity index is 2.83. The predicted molar refractivity (Wildman–Crippen MR) is 58.6 cm³/mol. The van der Waals surface area contributed by atoms with Crippen molar-refractivity contribution >= 4 is 5.78 Å². The minimum absolute atomic E-state index is 0.132. The number of nitrogens with two attached hydrogens (primary N) is 1. The molecule has 0 aliphatic heterocycles. The van der Waals surface area contributed by atoms with Gasteiger partial charge < -0.3 is 5.73 Å². The van der Waals surface area contributed by atoms with Crippen LogP contribution < -0.4 is 5.73 Å². The molecular weight excluding hydrogens is 174 g/mol. The monoisotopic (exact) mass is 191 g/mol. The van der Waals surface area contributed by atoms with Crippen molar-refractivity contribution in [2.24, 2.45) is 5.73 Å². The molecule has 0 aliphatic carbocycles. The molecule has 76 valence electrons. The second kappa shape index (κ2) is 4.91. The van der Waals surface area contributed by atoms with Crippen molar-refractivity contribution in [3.05, 3.63) is 34.9 Å². The van der Waals surface area contributed by atoms with E-state index >= 15 is 0 Å². The number of hydrogen-bond donors (Lipinski definition) is 1. The van der Waals surface area contributed by atoms with Crippen molar-refractivity contribution in [3.63, 3.8) is 0 Å². The number of ketones is 1. The summed E-state index contributed by atoms with van der Waals surface area (Å²) in [6.45, 7) is 4.29. The SMILES string of the molecule is CC(=O)c1ccc(CCCN)cc1C. The maximum Gasteiger partial charge on any atom is 0.160 e. The molecule has 0 fully saturated rings. The number of rotatable bonds is 4. The summed E-state index contributed by atoms with van der Waals surface area (Å²) >= 11 is 0. The lowest BCUT2D eigenvalue weighted by Crippen LogP contribution is -2.02. The minimum Gasteiger partial charge on any atom is -0.330 e. The summed E-state index contributed by atoms with van der Waals surface area (Å²) in [5.74, 6) is 0.132. The van der Waals surface area contributed by atoms with Crippen molar-refractivity contribution < 1.29 is 4.79 Å². The number of carbonyl (C=O) groups is 1. The standard InChI is InChI=1S/C12H17NO/c1-9-8-11(4-3-7-13)5-6-12(9)10(2)14/h5-6,8H,3-4,7,13H2,1-2H3. The summed E-state index contributed by atoms with van der Waals surface area (Å²) in [6.07, 6.45) is 1.99. The van der Waals surface area contributed by atoms with Gasteiger partial charge in [0.25, 0.3) is 0 Å². The Kier molecular flexibility index (Phi) is 3.84. The number of carbonyl (C=O) groups excluding carboxylic acids is 1. The van der Waals surface area contributed by atoms with E-state index in [0.717, 1.165) is 24.0 Å². The van der Waals surface area contributed by atoms with Gasteiger partial charge in [0.2, 0.25) is 0 Å². The Hall–Kier alpha value is -1.15. The van der Waals surface area contributed by atoms with Crippen molar-refractivity contribution in [2.75, 3.05) is 6.54 Å². The Labute approximate surface area is 85.1 Å². The Bertz CT molecular complexity index is 331. The summed E-state index contributed by atoms with van der Waals surface area (Å²) in [4.78, 5) is 11.2. The fourth-order valence-electron chi connectivity index (χ4n) is 1.58. The lowest BCUT2D eigenvalue weighted by Gasteiger charge is -2.05. The lowest BCUT2D eigenvalue weighted by molar-refractivity contribution is 0.101. The molecule has 1 rings (SSSR count). The van der Waals surface area contributed by atoms with Crippen molar-refractivity contribution in [1.29, 1.82) is 0 Å². The van der Waals surface area contributed by atoms with Gasteiger partial charge in [-0.2, -0.15) is 0 Å². The maximum absolute atomic E-state index is 11.2. The van der Waals surface area contributed by atoms with Crippen molar-refractivity contribution in [1.82, 2.24) is 0 Å². The molecule has 0 aliphatic rings. The van der Waals surface area contributed by atoms with E-state index in [-0.39, 0.29) is 5.78 Å². The highest BCUT2D eigenvalue weighted by Gasteiger charge is 2.03. The predicted octanol–water partition coefficient (Wildman–Crippen LogP) is 2.09. The first-order valence-corrected chi connectivity index (χ1v) is 4.95. The van der Waals surface area contributed by atoms with Crippen LogP contribution in [0.25, 0.3) is 0 Å². The second-order valence-electron chi connectivity index (χ2n) is 3.60. The molecule has 14 heavy (non-hydrogen) atoms. The van der Waals surface area contributed by atoms with Crippen LogP contribution in [0.5, 0.6) is 0 Å². The van der Waals surface area contributed by atoms with Gasteiger partial charge in [-0.3, -0.25) is 4.79 Å². The molecule has 0 heterocycles. The highest BCUT2D eigenvalue weighted by Crippen LogP contribution is 2.12. The number of hydrogen-bond acceptors (Lipinski definition) is 2. The van der Waals surface area contributed by atoms with E-state index in [1.165, 1.54) is 5.56 Å². The molecule has 0 amide bonds. The molecule has 2 nitrogen and oxygen atoms in total. The average molecular weight is 191 g/mol. The van der Waals surface area contributed by atoms with Crippen LogP contribution >= 0.6 is 0 Å². The molecule has 0 spiro atoms. The van der Waals surface area contributed by atoms with Gasteiger partial charge in [-0.25, -0.2) is 0 Å². The van der Waals surface area contributed by atoms with Gasteiger partial charge in [0, 0.05) is 5.56 Å². The molecule has 2 N–H and O–H groups in total. The Morgan fingerprint density at radius 2 is 2.14 bits per heavy atom. The van der Waals surface area contributed by atoms with Crippen LogP contribution in [-0.4, -0.2) is 12.3 Å². The third kappa shape index (κ3) is 2.67. The molecule has 0 saturated carbocycles. The smallest absolute Gasteiger partial charge is 0.160 e. The van der Waals surface area contributed by atoms with Crippen LogP contribution in [0.2, 0.25) is 0 Å². The fraction of sp³-hybridized carbons (Fsp3) is 0.417. The average Bonchev–Trinajstić information content (AvgIpc) is 2.14. The molecule has 0 bridgehead atoms. The quantitative estimate of drug-likeness (QED) is 0.740. The van der Waals surface area contributed by atoms with Gasteiger partial charge in [0.1, 0.15) is 0 Å². The summed E-state index contributed by atoms with van der Waals surface area (Å²) < 4.78 is 0. The van der Waals surface area contributed by atoms with Gasteiger partial charge >= 0.3 is 0 Å². The molecule has 0 aromatic heterocycles. The number of benzene rings is 1. The van der Waals surface area contributed by atoms with E-state index in [1.54, 1.807) is 6.92 Å². The maximum atomic E-state index is 11.2. The number of aryl methyl sites for hydroxylation is 2. The molecule has 0 radical (unpaired) electrons. The Morgan fingerprint density at radius 3 is 2.64 bits per heavy atom. The molecule has 0 atom stereocenters. The summed E-state index contributed by atoms with van der Waals surface area (Å²) in [5, 5.41) is 0. The van der Waals surface area contributed by atoms with E-state index < -0.39 is 0 Å². The Morgan fingerprint density at radius 1 is 1.43 bits per heavy atom. The first-order chi connectivity index (χ1) is 6.65.